The molecule has 0 N–H and O–H groups in total. The number of piperidine rings is 2. The van der Waals surface area contributed by atoms with Gasteiger partial charge in [-0.2, -0.15) is 5.10 Å². The minimum atomic E-state index is -0.0572. The third-order valence-corrected chi connectivity index (χ3v) is 7.27. The smallest absolute Gasteiger partial charge is 0.309 e. The lowest BCUT2D eigenvalue weighted by molar-refractivity contribution is -0.149. The van der Waals surface area contributed by atoms with Crippen LogP contribution < -0.4 is 4.90 Å². The average molecular weight is 502 g/mol. The number of aryl methyl sites for hydroxylation is 1. The number of nitrogens with zero attached hydrogens (tertiary/aromatic N) is 4. The van der Waals surface area contributed by atoms with Crippen molar-refractivity contribution in [1.82, 2.24) is 14.8 Å². The molecule has 7 heteroatoms. The van der Waals surface area contributed by atoms with Crippen LogP contribution in [0.4, 0.5) is 5.82 Å². The predicted molar refractivity (Wildman–Crippen MR) is 120 cm³/mol. The van der Waals surface area contributed by atoms with Crippen LogP contribution in [0.15, 0.2) is 36.5 Å². The van der Waals surface area contributed by atoms with Crippen LogP contribution in [-0.2, 0) is 9.53 Å². The second-order valence-corrected chi connectivity index (χ2v) is 9.08. The van der Waals surface area contributed by atoms with Gasteiger partial charge in [-0.05, 0) is 72.4 Å². The highest BCUT2D eigenvalue weighted by atomic mass is 127. The number of ether oxygens (including phenoxy) is 1. The Morgan fingerprint density at radius 3 is 2.79 bits per heavy atom. The van der Waals surface area contributed by atoms with Gasteiger partial charge in [-0.15, -0.1) is 0 Å². The summed E-state index contributed by atoms with van der Waals surface area (Å²) in [7, 11) is 1.49. The first-order valence-electron chi connectivity index (χ1n) is 10.0. The first-order chi connectivity index (χ1) is 14.1. The van der Waals surface area contributed by atoms with Crippen LogP contribution in [0.1, 0.15) is 24.8 Å². The minimum absolute atomic E-state index is 0.0368. The molecular weight excluding hydrogens is 479 g/mol. The fraction of sp³-hybridized carbons (Fsp3) is 0.409. The van der Waals surface area contributed by atoms with Crippen LogP contribution in [0.3, 0.4) is 0 Å². The lowest BCUT2D eigenvalue weighted by Crippen LogP contribution is -2.54. The van der Waals surface area contributed by atoms with Crippen LogP contribution in [0, 0.1) is 22.5 Å². The molecule has 3 atom stereocenters. The molecule has 2 aliphatic heterocycles. The fourth-order valence-corrected chi connectivity index (χ4v) is 5.64. The SMILES string of the molecule is COC(=O)[C@@H]1C[C@H]2CC[C@@H]1CN2c1ccc(-n2nc(I)c3cccc(C)c32)cn1. The van der Waals surface area contributed by atoms with Gasteiger partial charge in [-0.25, -0.2) is 9.67 Å². The number of rotatable bonds is 3. The van der Waals surface area contributed by atoms with Crippen molar-refractivity contribution in [3.63, 3.8) is 0 Å². The Hall–Kier alpha value is -2.16. The number of aromatic nitrogens is 3. The summed E-state index contributed by atoms with van der Waals surface area (Å²) in [5, 5.41) is 5.90. The monoisotopic (exact) mass is 502 g/mol. The molecule has 3 fully saturated rings. The molecule has 6 nitrogen and oxygen atoms in total. The maximum atomic E-state index is 12.1. The number of fused-ring (bicyclic) bond motifs is 4. The van der Waals surface area contributed by atoms with Crippen LogP contribution in [0.2, 0.25) is 0 Å². The molecule has 0 spiro atoms. The van der Waals surface area contributed by atoms with E-state index >= 15 is 0 Å². The van der Waals surface area contributed by atoms with Gasteiger partial charge >= 0.3 is 5.97 Å². The third-order valence-electron chi connectivity index (χ3n) is 6.47. The molecule has 1 saturated carbocycles. The zero-order valence-electron chi connectivity index (χ0n) is 16.5. The Morgan fingerprint density at radius 1 is 1.24 bits per heavy atom. The van der Waals surface area contributed by atoms with Gasteiger partial charge in [0.15, 0.2) is 0 Å². The van der Waals surface area contributed by atoms with Crippen LogP contribution in [0.25, 0.3) is 16.6 Å². The van der Waals surface area contributed by atoms with E-state index in [4.69, 9.17) is 14.8 Å². The molecule has 1 aliphatic carbocycles. The summed E-state index contributed by atoms with van der Waals surface area (Å²) >= 11 is 2.29. The van der Waals surface area contributed by atoms with Gasteiger partial charge in [0.25, 0.3) is 0 Å². The van der Waals surface area contributed by atoms with E-state index in [1.165, 1.54) is 12.7 Å². The number of carbonyl (C=O) groups excluding carboxylic acids is 1. The quantitative estimate of drug-likeness (QED) is 0.399. The van der Waals surface area contributed by atoms with Gasteiger partial charge in [0.2, 0.25) is 0 Å². The van der Waals surface area contributed by atoms with E-state index in [0.717, 1.165) is 51.9 Å². The lowest BCUT2D eigenvalue weighted by atomic mass is 9.72. The Bertz CT molecular complexity index is 1080. The molecule has 6 rings (SSSR count). The zero-order chi connectivity index (χ0) is 20.1. The van der Waals surface area contributed by atoms with E-state index in [-0.39, 0.29) is 11.9 Å². The van der Waals surface area contributed by atoms with Gasteiger partial charge in [-0.1, -0.05) is 18.2 Å². The summed E-state index contributed by atoms with van der Waals surface area (Å²) < 4.78 is 7.99. The first-order valence-corrected chi connectivity index (χ1v) is 11.1. The van der Waals surface area contributed by atoms with Crippen molar-refractivity contribution in [3.8, 4) is 5.69 Å². The number of carbonyl (C=O) groups is 1. The van der Waals surface area contributed by atoms with Gasteiger partial charge in [0.1, 0.15) is 9.52 Å². The zero-order valence-corrected chi connectivity index (χ0v) is 18.7. The average Bonchev–Trinajstić information content (AvgIpc) is 3.11. The van der Waals surface area contributed by atoms with E-state index < -0.39 is 0 Å². The fourth-order valence-electron chi connectivity index (χ4n) is 4.99. The van der Waals surface area contributed by atoms with Crippen molar-refractivity contribution in [2.24, 2.45) is 11.8 Å². The molecule has 150 valence electrons. The summed E-state index contributed by atoms with van der Waals surface area (Å²) in [5.41, 5.74) is 3.29. The summed E-state index contributed by atoms with van der Waals surface area (Å²) in [6, 6.07) is 10.8. The van der Waals surface area contributed by atoms with E-state index in [9.17, 15) is 4.79 Å². The summed E-state index contributed by atoms with van der Waals surface area (Å²) in [5.74, 6) is 1.32. The van der Waals surface area contributed by atoms with Gasteiger partial charge in [0, 0.05) is 18.0 Å². The Kier molecular flexibility index (Phi) is 4.72. The van der Waals surface area contributed by atoms with Crippen molar-refractivity contribution in [2.75, 3.05) is 18.6 Å². The molecule has 0 unspecified atom stereocenters. The van der Waals surface area contributed by atoms with Crippen molar-refractivity contribution in [2.45, 2.75) is 32.2 Å². The van der Waals surface area contributed by atoms with Crippen molar-refractivity contribution >= 4 is 45.3 Å². The number of esters is 1. The number of pyridine rings is 1. The lowest BCUT2D eigenvalue weighted by Gasteiger charge is -2.49. The van der Waals surface area contributed by atoms with Crippen LogP contribution in [-0.4, -0.2) is 40.4 Å². The number of hydrogen-bond donors (Lipinski definition) is 0. The van der Waals surface area contributed by atoms with Crippen molar-refractivity contribution in [3.05, 3.63) is 45.8 Å². The van der Waals surface area contributed by atoms with E-state index in [1.54, 1.807) is 0 Å². The first kappa shape index (κ1) is 18.8. The normalized spacial score (nSPS) is 23.6. The van der Waals surface area contributed by atoms with Gasteiger partial charge in [-0.3, -0.25) is 4.79 Å². The maximum absolute atomic E-state index is 12.1. The van der Waals surface area contributed by atoms with E-state index in [1.807, 2.05) is 10.9 Å². The second-order valence-electron chi connectivity index (χ2n) is 8.06. The van der Waals surface area contributed by atoms with Gasteiger partial charge < -0.3 is 9.64 Å². The summed E-state index contributed by atoms with van der Waals surface area (Å²) in [6.45, 7) is 2.99. The topological polar surface area (TPSA) is 60.2 Å². The van der Waals surface area contributed by atoms with Gasteiger partial charge in [0.05, 0.1) is 30.4 Å². The van der Waals surface area contributed by atoms with Crippen LogP contribution in [0.5, 0.6) is 0 Å². The molecule has 2 saturated heterocycles. The molecule has 2 aromatic heterocycles. The number of anilines is 1. The molecule has 4 heterocycles. The maximum Gasteiger partial charge on any atom is 0.309 e. The molecule has 29 heavy (non-hydrogen) atoms. The standard InChI is InChI=1S/C22H23IN4O2/c1-13-4-3-5-17-20(13)27(25-21(17)23)16-8-9-19(24-11-16)26-12-14-6-7-15(26)10-18(14)22(28)29-2/h3-5,8-9,11,14-15,18H,6-7,10,12H2,1-2H3/t14-,15-,18-/m1/s1. The number of hydrogen-bond acceptors (Lipinski definition) is 5. The summed E-state index contributed by atoms with van der Waals surface area (Å²) in [6.07, 6.45) is 4.98. The highest BCUT2D eigenvalue weighted by Crippen LogP contribution is 2.41. The molecule has 3 aromatic rings. The Morgan fingerprint density at radius 2 is 2.10 bits per heavy atom. The van der Waals surface area contributed by atoms with Crippen molar-refractivity contribution < 1.29 is 9.53 Å². The molecule has 1 aromatic carbocycles. The van der Waals surface area contributed by atoms with Crippen molar-refractivity contribution in [1.29, 1.82) is 0 Å². The molecule has 3 aliphatic rings. The number of benzene rings is 1. The number of halogens is 1. The summed E-state index contributed by atoms with van der Waals surface area (Å²) in [4.78, 5) is 19.2. The predicted octanol–water partition coefficient (Wildman–Crippen LogP) is 4.11. The largest absolute Gasteiger partial charge is 0.469 e. The molecular formula is C22H23IN4O2. The molecule has 0 radical (unpaired) electrons. The minimum Gasteiger partial charge on any atom is -0.469 e. The Balaban J connectivity index is 1.43. The van der Waals surface area contributed by atoms with E-state index in [0.29, 0.717) is 12.0 Å². The third kappa shape index (κ3) is 3.10. The number of para-hydroxylation sites is 1. The van der Waals surface area contributed by atoms with Crippen LogP contribution >= 0.6 is 22.6 Å². The van der Waals surface area contributed by atoms with E-state index in [2.05, 4.69) is 64.7 Å². The Labute approximate surface area is 183 Å². The molecule has 0 amide bonds. The second kappa shape index (κ2) is 7.27. The molecule has 2 bridgehead atoms. The highest BCUT2D eigenvalue weighted by Gasteiger charge is 2.44. The highest BCUT2D eigenvalue weighted by molar-refractivity contribution is 14.1. The number of methoxy groups -OCH3 is 1.